The normalized spacial score (nSPS) is 16.2. The van der Waals surface area contributed by atoms with Crippen molar-refractivity contribution in [3.63, 3.8) is 0 Å². The van der Waals surface area contributed by atoms with E-state index in [0.29, 0.717) is 6.42 Å². The van der Waals surface area contributed by atoms with Gasteiger partial charge < -0.3 is 10.4 Å². The van der Waals surface area contributed by atoms with Crippen molar-refractivity contribution >= 4 is 29.1 Å². The zero-order chi connectivity index (χ0) is 17.4. The molecule has 124 valence electrons. The van der Waals surface area contributed by atoms with Crippen molar-refractivity contribution in [2.24, 2.45) is 0 Å². The summed E-state index contributed by atoms with van der Waals surface area (Å²) in [6.45, 7) is 0. The Morgan fingerprint density at radius 2 is 1.84 bits per heavy atom. The largest absolute Gasteiger partial charge is 0.478 e. The van der Waals surface area contributed by atoms with Crippen molar-refractivity contribution in [3.8, 4) is 11.3 Å². The number of hydrogen-bond donors (Lipinski definition) is 2. The molecule has 25 heavy (non-hydrogen) atoms. The number of benzene rings is 2. The van der Waals surface area contributed by atoms with Gasteiger partial charge in [-0.1, -0.05) is 42.5 Å². The first kappa shape index (κ1) is 15.5. The summed E-state index contributed by atoms with van der Waals surface area (Å²) in [5.41, 5.74) is 3.66. The quantitative estimate of drug-likeness (QED) is 0.749. The molecule has 2 heterocycles. The van der Waals surface area contributed by atoms with Crippen molar-refractivity contribution < 1.29 is 14.7 Å². The van der Waals surface area contributed by atoms with Gasteiger partial charge in [-0.2, -0.15) is 4.37 Å². The molecule has 1 atom stereocenters. The number of carboxylic acid groups (broad SMARTS) is 1. The fourth-order valence-corrected chi connectivity index (χ4v) is 4.02. The molecule has 1 aromatic heterocycles. The second-order valence-corrected chi connectivity index (χ2v) is 6.67. The SMILES string of the molecule is O=C1C[C@H](c2ccc(C(=O)O)cc2)c2snc(-c3ccccc3)c2N1. The predicted molar refractivity (Wildman–Crippen MR) is 96.0 cm³/mol. The average Bonchev–Trinajstić information content (AvgIpc) is 3.05. The molecule has 1 aliphatic heterocycles. The molecule has 5 nitrogen and oxygen atoms in total. The van der Waals surface area contributed by atoms with E-state index in [2.05, 4.69) is 9.69 Å². The molecule has 0 fully saturated rings. The Balaban J connectivity index is 1.77. The van der Waals surface area contributed by atoms with Crippen LogP contribution in [0.5, 0.6) is 0 Å². The lowest BCUT2D eigenvalue weighted by Crippen LogP contribution is -2.22. The van der Waals surface area contributed by atoms with Crippen LogP contribution in [-0.2, 0) is 4.79 Å². The Morgan fingerprint density at radius 3 is 2.52 bits per heavy atom. The molecule has 0 bridgehead atoms. The van der Waals surface area contributed by atoms with Crippen molar-refractivity contribution in [3.05, 3.63) is 70.6 Å². The number of carboxylic acids is 1. The first-order valence-corrected chi connectivity index (χ1v) is 8.59. The summed E-state index contributed by atoms with van der Waals surface area (Å²) in [6.07, 6.45) is 0.329. The molecule has 0 unspecified atom stereocenters. The smallest absolute Gasteiger partial charge is 0.335 e. The zero-order valence-electron chi connectivity index (χ0n) is 13.1. The average molecular weight is 350 g/mol. The van der Waals surface area contributed by atoms with Crippen LogP contribution in [-0.4, -0.2) is 21.4 Å². The molecule has 1 aliphatic rings. The Kier molecular flexibility index (Phi) is 3.82. The van der Waals surface area contributed by atoms with Crippen LogP contribution in [0, 0.1) is 0 Å². The summed E-state index contributed by atoms with van der Waals surface area (Å²) in [6, 6.07) is 16.4. The third kappa shape index (κ3) is 2.81. The van der Waals surface area contributed by atoms with Crippen LogP contribution in [0.3, 0.4) is 0 Å². The fourth-order valence-electron chi connectivity index (χ4n) is 3.05. The van der Waals surface area contributed by atoms with Gasteiger partial charge in [0.2, 0.25) is 5.91 Å². The first-order valence-electron chi connectivity index (χ1n) is 7.81. The number of aromatic carboxylic acids is 1. The molecule has 0 radical (unpaired) electrons. The van der Waals surface area contributed by atoms with Gasteiger partial charge in [0.25, 0.3) is 0 Å². The second-order valence-electron chi connectivity index (χ2n) is 5.87. The highest BCUT2D eigenvalue weighted by Gasteiger charge is 2.31. The Hall–Kier alpha value is -2.99. The Morgan fingerprint density at radius 1 is 1.12 bits per heavy atom. The minimum atomic E-state index is -0.960. The van der Waals surface area contributed by atoms with E-state index in [1.165, 1.54) is 11.5 Å². The van der Waals surface area contributed by atoms with E-state index >= 15 is 0 Å². The number of anilines is 1. The number of fused-ring (bicyclic) bond motifs is 1. The lowest BCUT2D eigenvalue weighted by atomic mass is 9.89. The molecule has 0 saturated carbocycles. The number of nitrogens with zero attached hydrogens (tertiary/aromatic N) is 1. The minimum absolute atomic E-state index is 0.0582. The highest BCUT2D eigenvalue weighted by molar-refractivity contribution is 7.07. The molecule has 0 spiro atoms. The maximum absolute atomic E-state index is 12.2. The molecule has 2 aromatic carbocycles. The van der Waals surface area contributed by atoms with Crippen LogP contribution in [0.1, 0.15) is 33.1 Å². The molecule has 3 aromatic rings. The number of hydrogen-bond acceptors (Lipinski definition) is 4. The molecule has 1 amide bonds. The van der Waals surface area contributed by atoms with Crippen LogP contribution < -0.4 is 5.32 Å². The molecular weight excluding hydrogens is 336 g/mol. The van der Waals surface area contributed by atoms with E-state index in [9.17, 15) is 9.59 Å². The van der Waals surface area contributed by atoms with E-state index in [1.54, 1.807) is 24.3 Å². The van der Waals surface area contributed by atoms with Crippen LogP contribution >= 0.6 is 11.5 Å². The minimum Gasteiger partial charge on any atom is -0.478 e. The summed E-state index contributed by atoms with van der Waals surface area (Å²) in [7, 11) is 0. The van der Waals surface area contributed by atoms with E-state index in [-0.39, 0.29) is 17.4 Å². The molecule has 0 saturated heterocycles. The van der Waals surface area contributed by atoms with Gasteiger partial charge >= 0.3 is 5.97 Å². The molecule has 0 aliphatic carbocycles. The van der Waals surface area contributed by atoms with E-state index in [0.717, 1.165) is 27.4 Å². The van der Waals surface area contributed by atoms with Gasteiger partial charge in [0, 0.05) is 17.9 Å². The number of amides is 1. The van der Waals surface area contributed by atoms with E-state index < -0.39 is 5.97 Å². The third-order valence-electron chi connectivity index (χ3n) is 4.30. The standard InChI is InChI=1S/C19H14N2O3S/c22-15-10-14(11-6-8-13(9-7-11)19(23)24)18-17(20-15)16(21-25-18)12-4-2-1-3-5-12/h1-9,14H,10H2,(H,20,22)(H,23,24)/t14-/m1/s1. The molecule has 6 heteroatoms. The predicted octanol–water partition coefficient (Wildman–Crippen LogP) is 3.98. The van der Waals surface area contributed by atoms with Crippen molar-refractivity contribution in [1.29, 1.82) is 0 Å². The van der Waals surface area contributed by atoms with Crippen molar-refractivity contribution in [2.75, 3.05) is 5.32 Å². The maximum Gasteiger partial charge on any atom is 0.335 e. The van der Waals surface area contributed by atoms with Gasteiger partial charge in [-0.05, 0) is 29.2 Å². The van der Waals surface area contributed by atoms with Gasteiger partial charge in [0.1, 0.15) is 5.69 Å². The van der Waals surface area contributed by atoms with Crippen molar-refractivity contribution in [1.82, 2.24) is 4.37 Å². The molecule has 2 N–H and O–H groups in total. The lowest BCUT2D eigenvalue weighted by Gasteiger charge is -2.23. The van der Waals surface area contributed by atoms with Gasteiger partial charge in [-0.3, -0.25) is 4.79 Å². The van der Waals surface area contributed by atoms with Crippen LogP contribution in [0.25, 0.3) is 11.3 Å². The number of carbonyl (C=O) groups is 2. The summed E-state index contributed by atoms with van der Waals surface area (Å²) in [5.74, 6) is -1.13. The summed E-state index contributed by atoms with van der Waals surface area (Å²) >= 11 is 1.38. The summed E-state index contributed by atoms with van der Waals surface area (Å²) < 4.78 is 4.56. The summed E-state index contributed by atoms with van der Waals surface area (Å²) in [4.78, 5) is 24.3. The highest BCUT2D eigenvalue weighted by atomic mass is 32.1. The summed E-state index contributed by atoms with van der Waals surface area (Å²) in [5, 5.41) is 12.0. The monoisotopic (exact) mass is 350 g/mol. The third-order valence-corrected chi connectivity index (χ3v) is 5.26. The first-order chi connectivity index (χ1) is 12.1. The number of nitrogens with one attached hydrogen (secondary N) is 1. The molecule has 4 rings (SSSR count). The highest BCUT2D eigenvalue weighted by Crippen LogP contribution is 2.44. The van der Waals surface area contributed by atoms with E-state index in [4.69, 9.17) is 5.11 Å². The Bertz CT molecular complexity index is 949. The van der Waals surface area contributed by atoms with Gasteiger partial charge in [-0.15, -0.1) is 0 Å². The topological polar surface area (TPSA) is 79.3 Å². The Labute approximate surface area is 148 Å². The second kappa shape index (κ2) is 6.14. The fraction of sp³-hybridized carbons (Fsp3) is 0.105. The number of aromatic nitrogens is 1. The van der Waals surface area contributed by atoms with E-state index in [1.807, 2.05) is 30.3 Å². The van der Waals surface area contributed by atoms with Crippen molar-refractivity contribution in [2.45, 2.75) is 12.3 Å². The van der Waals surface area contributed by atoms with Crippen LogP contribution in [0.4, 0.5) is 5.69 Å². The molecular formula is C19H14N2O3S. The lowest BCUT2D eigenvalue weighted by molar-refractivity contribution is -0.116. The van der Waals surface area contributed by atoms with Gasteiger partial charge in [0.15, 0.2) is 0 Å². The van der Waals surface area contributed by atoms with Gasteiger partial charge in [0.05, 0.1) is 16.1 Å². The van der Waals surface area contributed by atoms with Gasteiger partial charge in [-0.25, -0.2) is 4.79 Å². The van der Waals surface area contributed by atoms with Crippen LogP contribution in [0.2, 0.25) is 0 Å². The number of carbonyl (C=O) groups excluding carboxylic acids is 1. The zero-order valence-corrected chi connectivity index (χ0v) is 13.9. The maximum atomic E-state index is 12.2. The van der Waals surface area contributed by atoms with Crippen LogP contribution in [0.15, 0.2) is 54.6 Å². The number of rotatable bonds is 3.